The van der Waals surface area contributed by atoms with Crippen LogP contribution in [0.1, 0.15) is 50.5 Å². The van der Waals surface area contributed by atoms with Crippen molar-refractivity contribution in [3.63, 3.8) is 0 Å². The number of ether oxygens (including phenoxy) is 4. The number of benzene rings is 2. The van der Waals surface area contributed by atoms with E-state index in [0.29, 0.717) is 24.0 Å². The molecule has 1 aromatic heterocycles. The number of fused-ring (bicyclic) bond motifs is 1. The number of esters is 3. The molecule has 0 bridgehead atoms. The van der Waals surface area contributed by atoms with E-state index in [0.717, 1.165) is 5.57 Å². The number of rotatable bonds is 8. The van der Waals surface area contributed by atoms with Gasteiger partial charge in [0.15, 0.2) is 6.29 Å². The van der Waals surface area contributed by atoms with Gasteiger partial charge in [-0.3, -0.25) is 19.2 Å². The minimum absolute atomic E-state index is 0.00849. The standard InChI is InChI=1S/C27H26O9/c1-14(2)7-9-19-22(32-6)12-24-25(27(19)35-17(5)31)21(13-28)26(36-24)20-10-8-18(33-15(3)29)11-23(20)34-16(4)30/h7-8,10-13H,9H2,1-6H3. The number of methoxy groups -OCH3 is 1. The Kier molecular flexibility index (Phi) is 7.93. The molecule has 1 heterocycles. The van der Waals surface area contributed by atoms with Crippen LogP contribution >= 0.6 is 0 Å². The fourth-order valence-electron chi connectivity index (χ4n) is 3.68. The summed E-state index contributed by atoms with van der Waals surface area (Å²) in [6, 6.07) is 5.91. The van der Waals surface area contributed by atoms with Gasteiger partial charge in [0.25, 0.3) is 0 Å². The zero-order valence-corrected chi connectivity index (χ0v) is 20.8. The van der Waals surface area contributed by atoms with Gasteiger partial charge in [-0.25, -0.2) is 0 Å². The minimum Gasteiger partial charge on any atom is -0.496 e. The highest BCUT2D eigenvalue weighted by Crippen LogP contribution is 2.46. The first-order valence-electron chi connectivity index (χ1n) is 11.0. The second-order valence-corrected chi connectivity index (χ2v) is 8.15. The van der Waals surface area contributed by atoms with E-state index >= 15 is 0 Å². The van der Waals surface area contributed by atoms with Gasteiger partial charge in [-0.2, -0.15) is 0 Å². The summed E-state index contributed by atoms with van der Waals surface area (Å²) in [6.45, 7) is 7.56. The number of carbonyl (C=O) groups is 4. The fraction of sp³-hybridized carbons (Fsp3) is 0.259. The molecule has 0 aliphatic carbocycles. The molecule has 9 heteroatoms. The predicted octanol–water partition coefficient (Wildman–Crippen LogP) is 5.21. The average molecular weight is 494 g/mol. The number of allylic oxidation sites excluding steroid dienone is 2. The third kappa shape index (κ3) is 5.63. The van der Waals surface area contributed by atoms with Gasteiger partial charge in [0.1, 0.15) is 34.3 Å². The van der Waals surface area contributed by atoms with E-state index in [2.05, 4.69) is 0 Å². The van der Waals surface area contributed by atoms with E-state index < -0.39 is 17.9 Å². The van der Waals surface area contributed by atoms with Crippen LogP contribution in [0.25, 0.3) is 22.3 Å². The fourth-order valence-corrected chi connectivity index (χ4v) is 3.68. The molecule has 36 heavy (non-hydrogen) atoms. The largest absolute Gasteiger partial charge is 0.496 e. The molecule has 0 aliphatic heterocycles. The predicted molar refractivity (Wildman–Crippen MR) is 131 cm³/mol. The van der Waals surface area contributed by atoms with Crippen molar-refractivity contribution in [2.75, 3.05) is 7.11 Å². The lowest BCUT2D eigenvalue weighted by atomic mass is 10.00. The molecular formula is C27H26O9. The third-order valence-corrected chi connectivity index (χ3v) is 5.04. The molecule has 0 saturated carbocycles. The molecule has 9 nitrogen and oxygen atoms in total. The van der Waals surface area contributed by atoms with Crippen molar-refractivity contribution in [1.29, 1.82) is 0 Å². The molecule has 3 rings (SSSR count). The van der Waals surface area contributed by atoms with Crippen LogP contribution in [0.3, 0.4) is 0 Å². The van der Waals surface area contributed by atoms with Gasteiger partial charge in [0.2, 0.25) is 0 Å². The molecule has 0 atom stereocenters. The first-order valence-corrected chi connectivity index (χ1v) is 11.0. The second-order valence-electron chi connectivity index (χ2n) is 8.15. The third-order valence-electron chi connectivity index (χ3n) is 5.04. The summed E-state index contributed by atoms with van der Waals surface area (Å²) in [5.74, 6) is -1.03. The molecule has 0 radical (unpaired) electrons. The minimum atomic E-state index is -0.633. The Balaban J connectivity index is 2.37. The summed E-state index contributed by atoms with van der Waals surface area (Å²) in [5, 5.41) is 0.269. The highest BCUT2D eigenvalue weighted by molar-refractivity contribution is 6.08. The highest BCUT2D eigenvalue weighted by Gasteiger charge is 2.27. The summed E-state index contributed by atoms with van der Waals surface area (Å²) in [6.07, 6.45) is 2.88. The van der Waals surface area contributed by atoms with Crippen LogP contribution in [-0.2, 0) is 20.8 Å². The Morgan fingerprint density at radius 2 is 1.56 bits per heavy atom. The van der Waals surface area contributed by atoms with Gasteiger partial charge in [0.05, 0.1) is 23.6 Å². The van der Waals surface area contributed by atoms with Crippen molar-refractivity contribution < 1.29 is 42.5 Å². The summed E-state index contributed by atoms with van der Waals surface area (Å²) in [7, 11) is 1.47. The topological polar surface area (TPSA) is 118 Å². The Morgan fingerprint density at radius 1 is 0.889 bits per heavy atom. The van der Waals surface area contributed by atoms with E-state index in [9.17, 15) is 19.2 Å². The van der Waals surface area contributed by atoms with E-state index in [1.54, 1.807) is 6.07 Å². The zero-order chi connectivity index (χ0) is 26.6. The Bertz CT molecular complexity index is 1390. The molecule has 0 spiro atoms. The number of hydrogen-bond acceptors (Lipinski definition) is 9. The maximum absolute atomic E-state index is 12.4. The number of hydrogen-bond donors (Lipinski definition) is 0. The highest BCUT2D eigenvalue weighted by atomic mass is 16.5. The van der Waals surface area contributed by atoms with Crippen molar-refractivity contribution in [1.82, 2.24) is 0 Å². The molecule has 0 unspecified atom stereocenters. The Morgan fingerprint density at radius 3 is 2.11 bits per heavy atom. The van der Waals surface area contributed by atoms with Crippen molar-refractivity contribution in [3.8, 4) is 34.3 Å². The molecule has 0 aliphatic rings. The first kappa shape index (κ1) is 26.2. The second kappa shape index (κ2) is 10.9. The smallest absolute Gasteiger partial charge is 0.308 e. The summed E-state index contributed by atoms with van der Waals surface area (Å²) in [5.41, 5.74) is 2.14. The average Bonchev–Trinajstić information content (AvgIpc) is 3.15. The van der Waals surface area contributed by atoms with Gasteiger partial charge < -0.3 is 23.4 Å². The SMILES string of the molecule is COc1cc2oc(-c3ccc(OC(C)=O)cc3OC(C)=O)c(C=O)c2c(OC(C)=O)c1CC=C(C)C. The maximum Gasteiger partial charge on any atom is 0.308 e. The monoisotopic (exact) mass is 494 g/mol. The van der Waals surface area contributed by atoms with E-state index in [1.807, 2.05) is 19.9 Å². The quantitative estimate of drug-likeness (QED) is 0.180. The molecule has 0 fully saturated rings. The van der Waals surface area contributed by atoms with Crippen molar-refractivity contribution in [2.24, 2.45) is 0 Å². The molecule has 188 valence electrons. The van der Waals surface area contributed by atoms with Crippen LogP contribution in [0.4, 0.5) is 0 Å². The van der Waals surface area contributed by atoms with Gasteiger partial charge in [-0.1, -0.05) is 11.6 Å². The van der Waals surface area contributed by atoms with Crippen LogP contribution in [0.5, 0.6) is 23.0 Å². The number of aldehydes is 1. The van der Waals surface area contributed by atoms with Crippen LogP contribution in [0.15, 0.2) is 40.3 Å². The lowest BCUT2D eigenvalue weighted by Gasteiger charge is -2.14. The van der Waals surface area contributed by atoms with Gasteiger partial charge >= 0.3 is 17.9 Å². The lowest BCUT2D eigenvalue weighted by molar-refractivity contribution is -0.133. The summed E-state index contributed by atoms with van der Waals surface area (Å²) < 4.78 is 27.6. The molecule has 0 saturated heterocycles. The molecule has 3 aromatic rings. The van der Waals surface area contributed by atoms with Gasteiger partial charge in [-0.05, 0) is 32.4 Å². The maximum atomic E-state index is 12.4. The lowest BCUT2D eigenvalue weighted by Crippen LogP contribution is -2.06. The Labute approximate surface area is 207 Å². The van der Waals surface area contributed by atoms with E-state index in [1.165, 1.54) is 46.1 Å². The molecule has 0 N–H and O–H groups in total. The normalized spacial score (nSPS) is 10.5. The van der Waals surface area contributed by atoms with Crippen molar-refractivity contribution in [3.05, 3.63) is 47.0 Å². The van der Waals surface area contributed by atoms with E-state index in [4.69, 9.17) is 23.4 Å². The van der Waals surface area contributed by atoms with Crippen molar-refractivity contribution in [2.45, 2.75) is 41.0 Å². The Hall–Kier alpha value is -4.40. The molecular weight excluding hydrogens is 468 g/mol. The van der Waals surface area contributed by atoms with Gasteiger partial charge in [-0.15, -0.1) is 0 Å². The first-order chi connectivity index (χ1) is 17.0. The van der Waals surface area contributed by atoms with Crippen molar-refractivity contribution >= 4 is 35.2 Å². The van der Waals surface area contributed by atoms with Crippen LogP contribution in [-0.4, -0.2) is 31.3 Å². The summed E-state index contributed by atoms with van der Waals surface area (Å²) >= 11 is 0. The van der Waals surface area contributed by atoms with Crippen LogP contribution < -0.4 is 18.9 Å². The van der Waals surface area contributed by atoms with Gasteiger partial charge in [0, 0.05) is 38.5 Å². The molecule has 2 aromatic carbocycles. The molecule has 0 amide bonds. The van der Waals surface area contributed by atoms with E-state index in [-0.39, 0.29) is 45.1 Å². The summed E-state index contributed by atoms with van der Waals surface area (Å²) in [4.78, 5) is 47.6. The number of furan rings is 1. The van der Waals surface area contributed by atoms with Crippen LogP contribution in [0.2, 0.25) is 0 Å². The zero-order valence-electron chi connectivity index (χ0n) is 20.8. The number of carbonyl (C=O) groups excluding carboxylic acids is 4. The van der Waals surface area contributed by atoms with Crippen LogP contribution in [0, 0.1) is 0 Å².